The van der Waals surface area contributed by atoms with Crippen LogP contribution in [0.15, 0.2) is 48.6 Å². The molecule has 3 heteroatoms. The number of fused-ring (bicyclic) bond motifs is 2. The number of carboxylic acids is 1. The molecule has 0 saturated carbocycles. The summed E-state index contributed by atoms with van der Waals surface area (Å²) in [5.74, 6) is -0.657. The Hall–Kier alpha value is -2.13. The number of hydrogen-bond acceptors (Lipinski definition) is 2. The number of ether oxygens (including phenoxy) is 1. The Balaban J connectivity index is 1.67. The highest BCUT2D eigenvalue weighted by atomic mass is 16.5. The molecule has 3 unspecified atom stereocenters. The highest BCUT2D eigenvalue weighted by Crippen LogP contribution is 2.48. The lowest BCUT2D eigenvalue weighted by Gasteiger charge is -2.42. The lowest BCUT2D eigenvalue weighted by Crippen LogP contribution is -2.34. The van der Waals surface area contributed by atoms with Gasteiger partial charge in [-0.1, -0.05) is 64.1 Å². The Kier molecular flexibility index (Phi) is 4.62. The van der Waals surface area contributed by atoms with Gasteiger partial charge in [0.2, 0.25) is 0 Å². The summed E-state index contributed by atoms with van der Waals surface area (Å²) in [5.41, 5.74) is 5.92. The summed E-state index contributed by atoms with van der Waals surface area (Å²) in [5, 5.41) is 8.90. The van der Waals surface area contributed by atoms with Crippen molar-refractivity contribution >= 4 is 11.5 Å². The number of benzene rings is 1. The fraction of sp³-hybridized carbons (Fsp3) is 0.480. The number of hydrogen-bond donors (Lipinski definition) is 1. The van der Waals surface area contributed by atoms with Crippen LogP contribution in [0.4, 0.5) is 0 Å². The predicted molar refractivity (Wildman–Crippen MR) is 112 cm³/mol. The van der Waals surface area contributed by atoms with Crippen LogP contribution in [0, 0.1) is 5.92 Å². The Labute approximate surface area is 167 Å². The Morgan fingerprint density at radius 2 is 1.86 bits per heavy atom. The lowest BCUT2D eigenvalue weighted by atomic mass is 9.62. The van der Waals surface area contributed by atoms with Crippen molar-refractivity contribution in [2.45, 2.75) is 70.0 Å². The summed E-state index contributed by atoms with van der Waals surface area (Å²) >= 11 is 0. The molecule has 3 atom stereocenters. The third-order valence-electron chi connectivity index (χ3n) is 6.83. The molecule has 4 rings (SSSR count). The Bertz CT molecular complexity index is 885. The maximum Gasteiger partial charge on any atom is 0.328 e. The molecule has 0 amide bonds. The third-order valence-corrected chi connectivity index (χ3v) is 6.83. The molecule has 1 fully saturated rings. The van der Waals surface area contributed by atoms with Crippen LogP contribution in [0.25, 0.3) is 5.57 Å². The zero-order valence-electron chi connectivity index (χ0n) is 17.2. The van der Waals surface area contributed by atoms with E-state index in [0.29, 0.717) is 0 Å². The van der Waals surface area contributed by atoms with Gasteiger partial charge in [-0.25, -0.2) is 4.79 Å². The van der Waals surface area contributed by atoms with Gasteiger partial charge in [0.1, 0.15) is 0 Å². The standard InChI is InChI=1S/C25H30O3/c1-24(2)12-13-25(3,4)21-14-16(8-10-20(21)24)18-6-5-7-22-19(18)15-17(28-22)9-11-23(26)27/h5-11,14,17,19,22H,12-13,15H2,1-4H3,(H,26,27). The second-order valence-corrected chi connectivity index (χ2v) is 9.71. The van der Waals surface area contributed by atoms with E-state index in [1.165, 1.54) is 41.2 Å². The van der Waals surface area contributed by atoms with E-state index in [9.17, 15) is 4.79 Å². The van der Waals surface area contributed by atoms with Crippen LogP contribution in [0.1, 0.15) is 63.6 Å². The van der Waals surface area contributed by atoms with Gasteiger partial charge in [-0.2, -0.15) is 0 Å². The van der Waals surface area contributed by atoms with Crippen molar-refractivity contribution in [2.24, 2.45) is 5.92 Å². The van der Waals surface area contributed by atoms with Crippen molar-refractivity contribution in [2.75, 3.05) is 0 Å². The van der Waals surface area contributed by atoms with Crippen LogP contribution >= 0.6 is 0 Å². The van der Waals surface area contributed by atoms with E-state index in [2.05, 4.69) is 64.1 Å². The molecule has 148 valence electrons. The van der Waals surface area contributed by atoms with Gasteiger partial charge in [-0.15, -0.1) is 0 Å². The van der Waals surface area contributed by atoms with Crippen LogP contribution in [-0.4, -0.2) is 23.3 Å². The van der Waals surface area contributed by atoms with E-state index in [4.69, 9.17) is 9.84 Å². The van der Waals surface area contributed by atoms with Crippen LogP contribution in [-0.2, 0) is 20.4 Å². The second kappa shape index (κ2) is 6.73. The first-order valence-corrected chi connectivity index (χ1v) is 10.3. The van der Waals surface area contributed by atoms with Gasteiger partial charge in [-0.05, 0) is 58.4 Å². The molecule has 1 saturated heterocycles. The van der Waals surface area contributed by atoms with Crippen molar-refractivity contribution in [1.82, 2.24) is 0 Å². The van der Waals surface area contributed by atoms with Gasteiger partial charge in [-0.3, -0.25) is 0 Å². The van der Waals surface area contributed by atoms with Gasteiger partial charge in [0.15, 0.2) is 0 Å². The van der Waals surface area contributed by atoms with Gasteiger partial charge < -0.3 is 9.84 Å². The fourth-order valence-corrected chi connectivity index (χ4v) is 5.00. The summed E-state index contributed by atoms with van der Waals surface area (Å²) < 4.78 is 6.08. The monoisotopic (exact) mass is 378 g/mol. The highest BCUT2D eigenvalue weighted by molar-refractivity contribution is 5.80. The Morgan fingerprint density at radius 1 is 1.14 bits per heavy atom. The first-order chi connectivity index (χ1) is 13.2. The average Bonchev–Trinajstić information content (AvgIpc) is 3.07. The molecule has 1 aromatic carbocycles. The summed E-state index contributed by atoms with van der Waals surface area (Å²) in [6, 6.07) is 7.00. The average molecular weight is 379 g/mol. The van der Waals surface area contributed by atoms with Gasteiger partial charge >= 0.3 is 5.97 Å². The fourth-order valence-electron chi connectivity index (χ4n) is 5.00. The summed E-state index contributed by atoms with van der Waals surface area (Å²) in [4.78, 5) is 10.8. The molecule has 0 bridgehead atoms. The van der Waals surface area contributed by atoms with Gasteiger partial charge in [0.05, 0.1) is 12.2 Å². The SMILES string of the molecule is CC1(C)CCC(C)(C)c2cc(C3=CC=CC4OC(C=CC(=O)O)CC34)ccc21. The van der Waals surface area contributed by atoms with E-state index in [-0.39, 0.29) is 29.0 Å². The minimum absolute atomic E-state index is 0.0175. The molecular formula is C25H30O3. The molecule has 0 radical (unpaired) electrons. The topological polar surface area (TPSA) is 46.5 Å². The van der Waals surface area contributed by atoms with E-state index in [1.807, 2.05) is 0 Å². The minimum Gasteiger partial charge on any atom is -0.478 e. The molecule has 28 heavy (non-hydrogen) atoms. The normalized spacial score (nSPS) is 30.0. The lowest BCUT2D eigenvalue weighted by molar-refractivity contribution is -0.131. The number of aliphatic carboxylic acids is 1. The molecule has 0 aromatic heterocycles. The summed E-state index contributed by atoms with van der Waals surface area (Å²) in [7, 11) is 0. The maximum absolute atomic E-state index is 10.8. The minimum atomic E-state index is -0.927. The zero-order chi connectivity index (χ0) is 20.1. The van der Waals surface area contributed by atoms with E-state index in [0.717, 1.165) is 6.42 Å². The largest absolute Gasteiger partial charge is 0.478 e. The highest BCUT2D eigenvalue weighted by Gasteiger charge is 2.39. The van der Waals surface area contributed by atoms with Crippen molar-refractivity contribution in [1.29, 1.82) is 0 Å². The summed E-state index contributed by atoms with van der Waals surface area (Å²) in [6.45, 7) is 9.41. The first-order valence-electron chi connectivity index (χ1n) is 10.3. The molecule has 1 aromatic rings. The quantitative estimate of drug-likeness (QED) is 0.716. The van der Waals surface area contributed by atoms with Crippen molar-refractivity contribution in [3.63, 3.8) is 0 Å². The molecule has 3 aliphatic rings. The van der Waals surface area contributed by atoms with Crippen LogP contribution in [0.3, 0.4) is 0 Å². The molecule has 1 aliphatic heterocycles. The third kappa shape index (κ3) is 3.37. The number of allylic oxidation sites excluding steroid dienone is 2. The smallest absolute Gasteiger partial charge is 0.328 e. The van der Waals surface area contributed by atoms with E-state index >= 15 is 0 Å². The van der Waals surface area contributed by atoms with Crippen molar-refractivity contribution in [3.05, 3.63) is 65.3 Å². The number of carbonyl (C=O) groups is 1. The second-order valence-electron chi connectivity index (χ2n) is 9.71. The first kappa shape index (κ1) is 19.2. The molecular weight excluding hydrogens is 348 g/mol. The molecule has 0 spiro atoms. The number of rotatable bonds is 3. The maximum atomic E-state index is 10.8. The molecule has 2 aliphatic carbocycles. The van der Waals surface area contributed by atoms with Crippen molar-refractivity contribution < 1.29 is 14.6 Å². The number of carboxylic acid groups (broad SMARTS) is 1. The van der Waals surface area contributed by atoms with Gasteiger partial charge in [0.25, 0.3) is 0 Å². The van der Waals surface area contributed by atoms with Crippen LogP contribution in [0.2, 0.25) is 0 Å². The zero-order valence-corrected chi connectivity index (χ0v) is 17.2. The molecule has 1 N–H and O–H groups in total. The molecule has 1 heterocycles. The van der Waals surface area contributed by atoms with Crippen LogP contribution in [0.5, 0.6) is 0 Å². The van der Waals surface area contributed by atoms with Crippen LogP contribution < -0.4 is 0 Å². The van der Waals surface area contributed by atoms with Gasteiger partial charge in [0, 0.05) is 12.0 Å². The van der Waals surface area contributed by atoms with E-state index < -0.39 is 5.97 Å². The summed E-state index contributed by atoms with van der Waals surface area (Å²) in [6.07, 6.45) is 12.3. The van der Waals surface area contributed by atoms with Crippen molar-refractivity contribution in [3.8, 4) is 0 Å². The predicted octanol–water partition coefficient (Wildman–Crippen LogP) is 5.40. The Morgan fingerprint density at radius 3 is 2.57 bits per heavy atom. The molecule has 3 nitrogen and oxygen atoms in total. The van der Waals surface area contributed by atoms with E-state index in [1.54, 1.807) is 6.08 Å².